The quantitative estimate of drug-likeness (QED) is 0.516. The number of fused-ring (bicyclic) bond motifs is 1. The maximum absolute atomic E-state index is 11.8. The Hall–Kier alpha value is -3.41. The van der Waals surface area contributed by atoms with Crippen LogP contribution in [0.2, 0.25) is 0 Å². The third-order valence-electron chi connectivity index (χ3n) is 4.09. The van der Waals surface area contributed by atoms with Gasteiger partial charge in [-0.25, -0.2) is 4.79 Å². The number of phenolic OH excluding ortho intramolecular Hbond substituents is 3. The van der Waals surface area contributed by atoms with Crippen LogP contribution in [0.15, 0.2) is 46.4 Å². The number of furan rings is 1. The topological polar surface area (TPSA) is 111 Å². The summed E-state index contributed by atoms with van der Waals surface area (Å²) in [7, 11) is 0. The van der Waals surface area contributed by atoms with Crippen LogP contribution >= 0.6 is 0 Å². The molecular weight excluding hydrogens is 336 g/mol. The van der Waals surface area contributed by atoms with E-state index in [0.29, 0.717) is 17.4 Å². The van der Waals surface area contributed by atoms with Crippen LogP contribution in [0.25, 0.3) is 22.3 Å². The number of rotatable bonds is 4. The third-order valence-corrected chi connectivity index (χ3v) is 4.09. The van der Waals surface area contributed by atoms with E-state index in [2.05, 4.69) is 0 Å². The van der Waals surface area contributed by atoms with Gasteiger partial charge in [0.1, 0.15) is 28.4 Å². The fraction of sp³-hybridized carbons (Fsp3) is 0.150. The smallest absolute Gasteiger partial charge is 0.340 e. The standard InChI is InChI=1S/C20H18O6/c1-10(2)3-5-12-15(22)8-7-14-17(20(24)25)19(26-18(12)14)13-6-4-11(21)9-16(13)23/h3-4,6-9,21-23H,5H2,1-2H3,(H,24,25). The molecule has 0 aliphatic heterocycles. The summed E-state index contributed by atoms with van der Waals surface area (Å²) in [6.45, 7) is 3.84. The van der Waals surface area contributed by atoms with Crippen molar-refractivity contribution in [1.29, 1.82) is 0 Å². The summed E-state index contributed by atoms with van der Waals surface area (Å²) in [5.74, 6) is -1.70. The van der Waals surface area contributed by atoms with Crippen LogP contribution in [0.1, 0.15) is 29.8 Å². The zero-order valence-corrected chi connectivity index (χ0v) is 14.3. The van der Waals surface area contributed by atoms with Gasteiger partial charge in [0.2, 0.25) is 0 Å². The summed E-state index contributed by atoms with van der Waals surface area (Å²) >= 11 is 0. The average Bonchev–Trinajstić information content (AvgIpc) is 2.93. The molecule has 1 heterocycles. The largest absolute Gasteiger partial charge is 0.508 e. The summed E-state index contributed by atoms with van der Waals surface area (Å²) in [5.41, 5.74) is 1.80. The van der Waals surface area contributed by atoms with Crippen molar-refractivity contribution in [2.45, 2.75) is 20.3 Å². The number of carboxylic acid groups (broad SMARTS) is 1. The maximum atomic E-state index is 11.8. The Labute approximate surface area is 149 Å². The van der Waals surface area contributed by atoms with Crippen molar-refractivity contribution in [3.05, 3.63) is 53.1 Å². The SMILES string of the molecule is CC(C)=CCc1c(O)ccc2c(C(=O)O)c(-c3ccc(O)cc3O)oc12. The number of benzene rings is 2. The van der Waals surface area contributed by atoms with Crippen LogP contribution in [-0.2, 0) is 6.42 Å². The molecule has 134 valence electrons. The molecule has 0 bridgehead atoms. The number of hydrogen-bond donors (Lipinski definition) is 4. The second kappa shape index (κ2) is 6.48. The van der Waals surface area contributed by atoms with Crippen molar-refractivity contribution in [1.82, 2.24) is 0 Å². The van der Waals surface area contributed by atoms with E-state index in [9.17, 15) is 25.2 Å². The van der Waals surface area contributed by atoms with E-state index in [1.807, 2.05) is 19.9 Å². The van der Waals surface area contributed by atoms with Gasteiger partial charge in [0.05, 0.1) is 5.56 Å². The summed E-state index contributed by atoms with van der Waals surface area (Å²) in [4.78, 5) is 11.8. The molecule has 0 aliphatic rings. The van der Waals surface area contributed by atoms with Crippen molar-refractivity contribution < 1.29 is 29.6 Å². The minimum atomic E-state index is -1.22. The Morgan fingerprint density at radius 3 is 2.42 bits per heavy atom. The highest BCUT2D eigenvalue weighted by atomic mass is 16.4. The van der Waals surface area contributed by atoms with Crippen LogP contribution in [0.3, 0.4) is 0 Å². The van der Waals surface area contributed by atoms with E-state index in [1.54, 1.807) is 0 Å². The van der Waals surface area contributed by atoms with Gasteiger partial charge in [0.25, 0.3) is 0 Å². The molecule has 3 aromatic rings. The molecule has 0 unspecified atom stereocenters. The predicted octanol–water partition coefficient (Wildman–Crippen LogP) is 4.42. The summed E-state index contributed by atoms with van der Waals surface area (Å²) in [5, 5.41) is 39.8. The molecule has 3 rings (SSSR count). The second-order valence-electron chi connectivity index (χ2n) is 6.24. The molecule has 0 saturated carbocycles. The van der Waals surface area contributed by atoms with E-state index >= 15 is 0 Å². The zero-order chi connectivity index (χ0) is 19.0. The van der Waals surface area contributed by atoms with Gasteiger partial charge in [0, 0.05) is 17.0 Å². The van der Waals surface area contributed by atoms with Crippen molar-refractivity contribution in [2.75, 3.05) is 0 Å². The van der Waals surface area contributed by atoms with E-state index in [-0.39, 0.29) is 39.7 Å². The Kier molecular flexibility index (Phi) is 4.34. The van der Waals surface area contributed by atoms with Crippen molar-refractivity contribution in [3.63, 3.8) is 0 Å². The first-order valence-electron chi connectivity index (χ1n) is 7.96. The zero-order valence-electron chi connectivity index (χ0n) is 14.3. The van der Waals surface area contributed by atoms with Crippen LogP contribution in [0, 0.1) is 0 Å². The number of aromatic carboxylic acids is 1. The van der Waals surface area contributed by atoms with Crippen LogP contribution in [0.5, 0.6) is 17.2 Å². The monoisotopic (exact) mass is 354 g/mol. The Bertz CT molecular complexity index is 1040. The molecule has 0 radical (unpaired) electrons. The Morgan fingerprint density at radius 1 is 1.08 bits per heavy atom. The predicted molar refractivity (Wildman–Crippen MR) is 96.7 cm³/mol. The van der Waals surface area contributed by atoms with Crippen LogP contribution in [-0.4, -0.2) is 26.4 Å². The molecule has 0 amide bonds. The first-order chi connectivity index (χ1) is 12.3. The third kappa shape index (κ3) is 2.97. The first kappa shape index (κ1) is 17.4. The number of allylic oxidation sites excluding steroid dienone is 2. The minimum Gasteiger partial charge on any atom is -0.508 e. The van der Waals surface area contributed by atoms with E-state index < -0.39 is 5.97 Å². The molecule has 0 saturated heterocycles. The molecule has 6 nitrogen and oxygen atoms in total. The first-order valence-corrected chi connectivity index (χ1v) is 7.96. The summed E-state index contributed by atoms with van der Waals surface area (Å²) in [6, 6.07) is 6.72. The maximum Gasteiger partial charge on any atom is 0.340 e. The van der Waals surface area contributed by atoms with Gasteiger partial charge in [-0.2, -0.15) is 0 Å². The van der Waals surface area contributed by atoms with E-state index in [0.717, 1.165) is 11.6 Å². The second-order valence-corrected chi connectivity index (χ2v) is 6.24. The van der Waals surface area contributed by atoms with E-state index in [4.69, 9.17) is 4.42 Å². The lowest BCUT2D eigenvalue weighted by Gasteiger charge is -2.03. The average molecular weight is 354 g/mol. The molecule has 0 atom stereocenters. The minimum absolute atomic E-state index is 0.00201. The van der Waals surface area contributed by atoms with Gasteiger partial charge in [-0.3, -0.25) is 0 Å². The van der Waals surface area contributed by atoms with Gasteiger partial charge in [-0.15, -0.1) is 0 Å². The highest BCUT2D eigenvalue weighted by molar-refractivity contribution is 6.09. The van der Waals surface area contributed by atoms with Crippen molar-refractivity contribution in [2.24, 2.45) is 0 Å². The number of hydrogen-bond acceptors (Lipinski definition) is 5. The number of aromatic hydroxyl groups is 3. The van der Waals surface area contributed by atoms with E-state index in [1.165, 1.54) is 24.3 Å². The van der Waals surface area contributed by atoms with Crippen molar-refractivity contribution in [3.8, 4) is 28.6 Å². The normalized spacial score (nSPS) is 10.8. The fourth-order valence-electron chi connectivity index (χ4n) is 2.82. The van der Waals surface area contributed by atoms with Crippen LogP contribution in [0.4, 0.5) is 0 Å². The lowest BCUT2D eigenvalue weighted by molar-refractivity contribution is 0.0699. The Balaban J connectivity index is 2.33. The van der Waals surface area contributed by atoms with Crippen molar-refractivity contribution >= 4 is 16.9 Å². The highest BCUT2D eigenvalue weighted by Crippen LogP contribution is 2.41. The van der Waals surface area contributed by atoms with Gasteiger partial charge >= 0.3 is 5.97 Å². The summed E-state index contributed by atoms with van der Waals surface area (Å²) in [6.07, 6.45) is 2.27. The van der Waals surface area contributed by atoms with Gasteiger partial charge in [0.15, 0.2) is 5.76 Å². The number of carbonyl (C=O) groups is 1. The lowest BCUT2D eigenvalue weighted by atomic mass is 10.0. The molecule has 0 aliphatic carbocycles. The summed E-state index contributed by atoms with van der Waals surface area (Å²) < 4.78 is 5.80. The molecule has 0 fully saturated rings. The van der Waals surface area contributed by atoms with Crippen LogP contribution < -0.4 is 0 Å². The fourth-order valence-corrected chi connectivity index (χ4v) is 2.82. The number of phenols is 3. The molecular formula is C20H18O6. The highest BCUT2D eigenvalue weighted by Gasteiger charge is 2.25. The molecule has 1 aromatic heterocycles. The lowest BCUT2D eigenvalue weighted by Crippen LogP contribution is -1.97. The van der Waals surface area contributed by atoms with Gasteiger partial charge in [-0.05, 0) is 44.5 Å². The molecule has 6 heteroatoms. The van der Waals surface area contributed by atoms with Gasteiger partial charge < -0.3 is 24.8 Å². The number of carboxylic acids is 1. The molecule has 0 spiro atoms. The molecule has 4 N–H and O–H groups in total. The Morgan fingerprint density at radius 2 is 1.81 bits per heavy atom. The van der Waals surface area contributed by atoms with Gasteiger partial charge in [-0.1, -0.05) is 11.6 Å². The molecule has 2 aromatic carbocycles. The molecule has 26 heavy (non-hydrogen) atoms.